The van der Waals surface area contributed by atoms with E-state index in [0.29, 0.717) is 0 Å². The quantitative estimate of drug-likeness (QED) is 0.177. The van der Waals surface area contributed by atoms with Gasteiger partial charge in [-0.2, -0.15) is 0 Å². The van der Waals surface area contributed by atoms with Crippen molar-refractivity contribution < 1.29 is 0 Å². The molecule has 0 heteroatoms. The molecule has 47 heavy (non-hydrogen) atoms. The second-order valence-corrected chi connectivity index (χ2v) is 13.3. The first-order chi connectivity index (χ1) is 23.3. The summed E-state index contributed by atoms with van der Waals surface area (Å²) in [6.07, 6.45) is 6.01. The van der Waals surface area contributed by atoms with E-state index in [4.69, 9.17) is 0 Å². The topological polar surface area (TPSA) is 0 Å². The van der Waals surface area contributed by atoms with E-state index < -0.39 is 0 Å². The number of allylic oxidation sites excluding steroid dienone is 1. The lowest BCUT2D eigenvalue weighted by molar-refractivity contribution is 0.996. The van der Waals surface area contributed by atoms with Gasteiger partial charge in [0.1, 0.15) is 0 Å². The third-order valence-corrected chi connectivity index (χ3v) is 10.5. The van der Waals surface area contributed by atoms with E-state index in [1.165, 1.54) is 94.4 Å². The number of benzene rings is 8. The summed E-state index contributed by atoms with van der Waals surface area (Å²) in [6, 6.07) is 58.6. The van der Waals surface area contributed by atoms with Crippen LogP contribution in [0.15, 0.2) is 164 Å². The molecule has 1 saturated carbocycles. The zero-order valence-corrected chi connectivity index (χ0v) is 26.0. The van der Waals surface area contributed by atoms with Crippen LogP contribution >= 0.6 is 0 Å². The summed E-state index contributed by atoms with van der Waals surface area (Å²) in [5.74, 6) is 1.48. The van der Waals surface area contributed by atoms with Gasteiger partial charge >= 0.3 is 0 Å². The molecule has 220 valence electrons. The number of hydrogen-bond donors (Lipinski definition) is 0. The summed E-state index contributed by atoms with van der Waals surface area (Å²) in [4.78, 5) is 0. The van der Waals surface area contributed by atoms with Gasteiger partial charge in [-0.25, -0.2) is 0 Å². The maximum atomic E-state index is 2.43. The smallest absolute Gasteiger partial charge is 0.00264 e. The van der Waals surface area contributed by atoms with E-state index in [2.05, 4.69) is 170 Å². The lowest BCUT2D eigenvalue weighted by Gasteiger charge is -2.18. The summed E-state index contributed by atoms with van der Waals surface area (Å²) in [6.45, 7) is 0. The molecule has 1 fully saturated rings. The van der Waals surface area contributed by atoms with E-state index in [9.17, 15) is 0 Å². The van der Waals surface area contributed by atoms with Crippen LogP contribution in [0.3, 0.4) is 0 Å². The molecular formula is C47H32. The minimum absolute atomic E-state index is 0.723. The van der Waals surface area contributed by atoms with Crippen LogP contribution in [0.4, 0.5) is 0 Å². The van der Waals surface area contributed by atoms with Crippen molar-refractivity contribution in [1.29, 1.82) is 0 Å². The van der Waals surface area contributed by atoms with E-state index in [-0.39, 0.29) is 0 Å². The Balaban J connectivity index is 1.08. The highest BCUT2D eigenvalue weighted by molar-refractivity contribution is 6.21. The van der Waals surface area contributed by atoms with Crippen molar-refractivity contribution in [3.8, 4) is 44.5 Å². The van der Waals surface area contributed by atoms with E-state index in [1.807, 2.05) is 0 Å². The Labute approximate surface area is 275 Å². The zero-order valence-electron chi connectivity index (χ0n) is 26.0. The molecule has 2 unspecified atom stereocenters. The largest absolute Gasteiger partial charge is 0.0802 e. The molecule has 0 nitrogen and oxygen atoms in total. The van der Waals surface area contributed by atoms with Crippen molar-refractivity contribution in [3.05, 3.63) is 175 Å². The fourth-order valence-electron chi connectivity index (χ4n) is 8.02. The van der Waals surface area contributed by atoms with Gasteiger partial charge < -0.3 is 0 Å². The van der Waals surface area contributed by atoms with Crippen molar-refractivity contribution in [1.82, 2.24) is 0 Å². The Kier molecular flexibility index (Phi) is 5.87. The summed E-state index contributed by atoms with van der Waals surface area (Å²) < 4.78 is 0. The van der Waals surface area contributed by atoms with Crippen LogP contribution in [-0.2, 0) is 0 Å². The molecule has 8 aromatic rings. The Hall–Kier alpha value is -5.72. The van der Waals surface area contributed by atoms with Crippen molar-refractivity contribution in [2.75, 3.05) is 0 Å². The van der Waals surface area contributed by atoms with Crippen molar-refractivity contribution >= 4 is 38.4 Å². The number of hydrogen-bond acceptors (Lipinski definition) is 0. The molecule has 0 N–H and O–H groups in total. The van der Waals surface area contributed by atoms with Gasteiger partial charge in [0, 0.05) is 0 Å². The van der Waals surface area contributed by atoms with Gasteiger partial charge in [0.25, 0.3) is 0 Å². The normalized spacial score (nSPS) is 16.3. The predicted molar refractivity (Wildman–Crippen MR) is 201 cm³/mol. The maximum Gasteiger partial charge on any atom is -0.00264 e. The molecule has 0 heterocycles. The van der Waals surface area contributed by atoms with Crippen LogP contribution in [0.5, 0.6) is 0 Å². The molecule has 0 radical (unpaired) electrons. The van der Waals surface area contributed by atoms with Gasteiger partial charge in [0.15, 0.2) is 0 Å². The van der Waals surface area contributed by atoms with Crippen LogP contribution in [0.1, 0.15) is 23.5 Å². The van der Waals surface area contributed by atoms with Gasteiger partial charge in [-0.15, -0.1) is 0 Å². The van der Waals surface area contributed by atoms with Crippen LogP contribution < -0.4 is 0 Å². The third kappa shape index (κ3) is 4.37. The van der Waals surface area contributed by atoms with Crippen LogP contribution in [0, 0.1) is 5.92 Å². The highest BCUT2D eigenvalue weighted by Crippen LogP contribution is 2.53. The molecule has 0 amide bonds. The average Bonchev–Trinajstić information content (AvgIpc) is 3.95. The van der Waals surface area contributed by atoms with Crippen molar-refractivity contribution in [2.45, 2.75) is 12.3 Å². The summed E-state index contributed by atoms with van der Waals surface area (Å²) in [5.41, 5.74) is 13.1. The highest BCUT2D eigenvalue weighted by atomic mass is 14.4. The van der Waals surface area contributed by atoms with E-state index in [1.54, 1.807) is 0 Å². The average molecular weight is 597 g/mol. The predicted octanol–water partition coefficient (Wildman–Crippen LogP) is 12.9. The minimum Gasteiger partial charge on any atom is -0.0802 e. The van der Waals surface area contributed by atoms with Crippen LogP contribution in [-0.4, -0.2) is 0 Å². The molecular weight excluding hydrogens is 565 g/mol. The third-order valence-electron chi connectivity index (χ3n) is 10.5. The van der Waals surface area contributed by atoms with Crippen molar-refractivity contribution in [2.24, 2.45) is 5.92 Å². The standard InChI is InChI=1S/C47H32/c1-2-8-36-27-37(24-17-30(36)7-1)31-13-20-34(21-14-31)46-40-9-3-5-11-42(40)47(43-12-6-4-10-41(43)46)35-22-15-32(16-23-35)38-25-18-33-19-26-39-29-45(39)44(33)28-38/h1-28,39,45H,29H2. The van der Waals surface area contributed by atoms with Crippen molar-refractivity contribution in [3.63, 3.8) is 0 Å². The second-order valence-electron chi connectivity index (χ2n) is 13.3. The van der Waals surface area contributed by atoms with Gasteiger partial charge in [-0.05, 0) is 112 Å². The minimum atomic E-state index is 0.723. The molecule has 8 aromatic carbocycles. The van der Waals surface area contributed by atoms with Crippen LogP contribution in [0.25, 0.3) is 82.9 Å². The molecule has 0 aromatic heterocycles. The van der Waals surface area contributed by atoms with E-state index in [0.717, 1.165) is 11.8 Å². The van der Waals surface area contributed by atoms with Gasteiger partial charge in [0.05, 0.1) is 0 Å². The number of rotatable bonds is 4. The first-order valence-corrected chi connectivity index (χ1v) is 16.7. The molecule has 2 atom stereocenters. The molecule has 0 spiro atoms. The summed E-state index contributed by atoms with van der Waals surface area (Å²) >= 11 is 0. The molecule has 0 bridgehead atoms. The Morgan fingerprint density at radius 2 is 0.851 bits per heavy atom. The first kappa shape index (κ1) is 26.5. The monoisotopic (exact) mass is 596 g/mol. The summed E-state index contributed by atoms with van der Waals surface area (Å²) in [5, 5.41) is 7.68. The van der Waals surface area contributed by atoms with E-state index >= 15 is 0 Å². The second kappa shape index (κ2) is 10.4. The molecule has 0 saturated heterocycles. The lowest BCUT2D eigenvalue weighted by atomic mass is 9.85. The van der Waals surface area contributed by atoms with Gasteiger partial charge in [-0.3, -0.25) is 0 Å². The first-order valence-electron chi connectivity index (χ1n) is 16.7. The molecule has 10 rings (SSSR count). The Bertz CT molecular complexity index is 2470. The van der Waals surface area contributed by atoms with Crippen LogP contribution in [0.2, 0.25) is 0 Å². The lowest BCUT2D eigenvalue weighted by Crippen LogP contribution is -1.93. The fraction of sp³-hybridized carbons (Fsp3) is 0.0638. The maximum absolute atomic E-state index is 2.43. The zero-order chi connectivity index (χ0) is 30.9. The molecule has 2 aliphatic rings. The Morgan fingerprint density at radius 1 is 0.383 bits per heavy atom. The molecule has 2 aliphatic carbocycles. The number of fused-ring (bicyclic) bond motifs is 6. The van der Waals surface area contributed by atoms with Gasteiger partial charge in [-0.1, -0.05) is 164 Å². The SMILES string of the molecule is C1=CC2CC2c2cc(-c3ccc(-c4c5ccccc5c(-c5ccc(-c6ccc7ccccc7c6)cc5)c5ccccc45)cc3)ccc21. The fourth-order valence-corrected chi connectivity index (χ4v) is 8.02. The highest BCUT2D eigenvalue weighted by Gasteiger charge is 2.39. The Morgan fingerprint density at radius 3 is 1.45 bits per heavy atom. The summed E-state index contributed by atoms with van der Waals surface area (Å²) in [7, 11) is 0. The molecule has 0 aliphatic heterocycles. The van der Waals surface area contributed by atoms with Gasteiger partial charge in [0.2, 0.25) is 0 Å².